The number of carbonyl (C=O) groups is 1. The van der Waals surface area contributed by atoms with Crippen molar-refractivity contribution in [3.63, 3.8) is 0 Å². The highest BCUT2D eigenvalue weighted by Crippen LogP contribution is 2.25. The third-order valence-corrected chi connectivity index (χ3v) is 4.60. The van der Waals surface area contributed by atoms with Crippen LogP contribution in [-0.2, 0) is 0 Å². The monoisotopic (exact) mass is 413 g/mol. The van der Waals surface area contributed by atoms with Crippen LogP contribution < -0.4 is 22.1 Å². The normalized spacial score (nSPS) is 13.0. The number of rotatable bonds is 8. The van der Waals surface area contributed by atoms with Gasteiger partial charge in [0.15, 0.2) is 11.6 Å². The van der Waals surface area contributed by atoms with Crippen molar-refractivity contribution >= 4 is 23.2 Å². The van der Waals surface area contributed by atoms with Gasteiger partial charge in [-0.2, -0.15) is 10.2 Å². The van der Waals surface area contributed by atoms with E-state index in [-0.39, 0.29) is 29.3 Å². The van der Waals surface area contributed by atoms with Crippen molar-refractivity contribution < 1.29 is 9.18 Å². The molecule has 0 saturated heterocycles. The number of nitrogens with one attached hydrogen (secondary N) is 2. The topological polar surface area (TPSA) is 150 Å². The molecular weight excluding hydrogens is 389 g/mol. The summed E-state index contributed by atoms with van der Waals surface area (Å²) in [4.78, 5) is 21.9. The summed E-state index contributed by atoms with van der Waals surface area (Å²) < 4.78 is 14.6. The van der Waals surface area contributed by atoms with Crippen LogP contribution >= 0.6 is 0 Å². The molecule has 0 aliphatic carbocycles. The summed E-state index contributed by atoms with van der Waals surface area (Å²) in [6.45, 7) is 5.56. The minimum Gasteiger partial charge on any atom is -0.365 e. The zero-order valence-corrected chi connectivity index (χ0v) is 16.9. The van der Waals surface area contributed by atoms with Gasteiger partial charge in [0.1, 0.15) is 11.5 Å². The number of anilines is 3. The molecule has 0 aliphatic heterocycles. The summed E-state index contributed by atoms with van der Waals surface area (Å²) in [5.74, 6) is -1.45. The number of primary amides is 1. The predicted molar refractivity (Wildman–Crippen MR) is 111 cm³/mol. The Kier molecular flexibility index (Phi) is 6.21. The molecule has 6 N–H and O–H groups in total. The standard InChI is InChI=1S/C19H24FN9O/c1-4-15(10(2)21)27-19-14(20)8-13(17(22)30)18(28-19)26-12-7-16(11(3)23-9-12)29-24-5-6-25-29/h5-10,15H,4,21H2,1-3H3,(H2,22,30)(H2,26,27,28)/t10-,15+/m0/s1. The fourth-order valence-corrected chi connectivity index (χ4v) is 2.92. The van der Waals surface area contributed by atoms with Gasteiger partial charge in [-0.05, 0) is 32.4 Å². The summed E-state index contributed by atoms with van der Waals surface area (Å²) in [7, 11) is 0. The molecule has 10 nitrogen and oxygen atoms in total. The van der Waals surface area contributed by atoms with E-state index in [2.05, 4.69) is 30.8 Å². The van der Waals surface area contributed by atoms with Crippen molar-refractivity contribution in [1.82, 2.24) is 25.0 Å². The first-order valence-electron chi connectivity index (χ1n) is 9.43. The molecule has 3 heterocycles. The van der Waals surface area contributed by atoms with Gasteiger partial charge in [-0.15, -0.1) is 4.80 Å². The maximum absolute atomic E-state index is 14.6. The van der Waals surface area contributed by atoms with Gasteiger partial charge >= 0.3 is 0 Å². The molecule has 0 radical (unpaired) electrons. The Bertz CT molecular complexity index is 1040. The zero-order valence-electron chi connectivity index (χ0n) is 16.9. The lowest BCUT2D eigenvalue weighted by atomic mass is 10.1. The van der Waals surface area contributed by atoms with E-state index in [9.17, 15) is 9.18 Å². The number of amides is 1. The van der Waals surface area contributed by atoms with Gasteiger partial charge in [0, 0.05) is 12.1 Å². The van der Waals surface area contributed by atoms with Gasteiger partial charge in [-0.25, -0.2) is 9.37 Å². The quantitative estimate of drug-likeness (QED) is 0.437. The minimum absolute atomic E-state index is 0.0271. The first kappa shape index (κ1) is 21.1. The molecule has 30 heavy (non-hydrogen) atoms. The van der Waals surface area contributed by atoms with Crippen LogP contribution in [0.2, 0.25) is 0 Å². The molecule has 0 saturated carbocycles. The molecule has 1 amide bonds. The van der Waals surface area contributed by atoms with Crippen LogP contribution in [0.5, 0.6) is 0 Å². The molecule has 0 bridgehead atoms. The molecule has 0 aliphatic rings. The Morgan fingerprint density at radius 2 is 1.97 bits per heavy atom. The summed E-state index contributed by atoms with van der Waals surface area (Å²) in [5.41, 5.74) is 13.1. The maximum Gasteiger partial charge on any atom is 0.252 e. The molecule has 2 atom stereocenters. The van der Waals surface area contributed by atoms with Crippen molar-refractivity contribution in [1.29, 1.82) is 0 Å². The van der Waals surface area contributed by atoms with Gasteiger partial charge in [-0.3, -0.25) is 9.78 Å². The van der Waals surface area contributed by atoms with Gasteiger partial charge in [0.25, 0.3) is 5.91 Å². The van der Waals surface area contributed by atoms with E-state index < -0.39 is 11.7 Å². The van der Waals surface area contributed by atoms with Crippen molar-refractivity contribution in [3.05, 3.63) is 47.8 Å². The zero-order chi connectivity index (χ0) is 21.8. The van der Waals surface area contributed by atoms with E-state index in [0.29, 0.717) is 23.5 Å². The SMILES string of the molecule is CC[C@@H](Nc1nc(Nc2cnc(C)c(-n3nccn3)c2)c(C(N)=O)cc1F)[C@H](C)N. The van der Waals surface area contributed by atoms with Crippen LogP contribution in [0.25, 0.3) is 5.69 Å². The van der Waals surface area contributed by atoms with Crippen molar-refractivity contribution in [3.8, 4) is 5.69 Å². The Labute approximate surface area is 172 Å². The van der Waals surface area contributed by atoms with E-state index in [0.717, 1.165) is 6.07 Å². The lowest BCUT2D eigenvalue weighted by Crippen LogP contribution is -2.38. The number of nitrogens with zero attached hydrogens (tertiary/aromatic N) is 5. The molecule has 3 aromatic heterocycles. The number of nitrogens with two attached hydrogens (primary N) is 2. The molecule has 158 valence electrons. The number of pyridine rings is 2. The lowest BCUT2D eigenvalue weighted by molar-refractivity contribution is 0.100. The first-order valence-corrected chi connectivity index (χ1v) is 9.43. The number of hydrogen-bond acceptors (Lipinski definition) is 8. The van der Waals surface area contributed by atoms with Crippen LogP contribution in [0.15, 0.2) is 30.7 Å². The van der Waals surface area contributed by atoms with Crippen LogP contribution in [0.4, 0.5) is 21.7 Å². The number of carbonyl (C=O) groups excluding carboxylic acids is 1. The Morgan fingerprint density at radius 3 is 2.57 bits per heavy atom. The number of aryl methyl sites for hydroxylation is 1. The minimum atomic E-state index is -0.816. The average Bonchev–Trinajstić information content (AvgIpc) is 3.23. The van der Waals surface area contributed by atoms with E-state index in [1.807, 2.05) is 20.8 Å². The largest absolute Gasteiger partial charge is 0.365 e. The average molecular weight is 413 g/mol. The van der Waals surface area contributed by atoms with E-state index in [4.69, 9.17) is 11.5 Å². The second-order valence-electron chi connectivity index (χ2n) is 6.87. The highest BCUT2D eigenvalue weighted by Gasteiger charge is 2.20. The second-order valence-corrected chi connectivity index (χ2v) is 6.87. The van der Waals surface area contributed by atoms with Gasteiger partial charge in [-0.1, -0.05) is 6.92 Å². The fourth-order valence-electron chi connectivity index (χ4n) is 2.92. The lowest BCUT2D eigenvalue weighted by Gasteiger charge is -2.22. The molecule has 0 spiro atoms. The Balaban J connectivity index is 1.99. The van der Waals surface area contributed by atoms with Crippen LogP contribution in [0, 0.1) is 12.7 Å². The smallest absolute Gasteiger partial charge is 0.252 e. The summed E-state index contributed by atoms with van der Waals surface area (Å²) in [6.07, 6.45) is 5.32. The van der Waals surface area contributed by atoms with Gasteiger partial charge in [0.05, 0.1) is 35.5 Å². The predicted octanol–water partition coefficient (Wildman–Crippen LogP) is 1.89. The van der Waals surface area contributed by atoms with Crippen molar-refractivity contribution in [2.45, 2.75) is 39.3 Å². The van der Waals surface area contributed by atoms with Gasteiger partial charge < -0.3 is 22.1 Å². The third-order valence-electron chi connectivity index (χ3n) is 4.60. The van der Waals surface area contributed by atoms with E-state index >= 15 is 0 Å². The van der Waals surface area contributed by atoms with Gasteiger partial charge in [0.2, 0.25) is 0 Å². The van der Waals surface area contributed by atoms with E-state index in [1.54, 1.807) is 24.7 Å². The Hall–Kier alpha value is -3.60. The molecule has 0 fully saturated rings. The molecule has 0 unspecified atom stereocenters. The van der Waals surface area contributed by atoms with Crippen molar-refractivity contribution in [2.24, 2.45) is 11.5 Å². The first-order chi connectivity index (χ1) is 14.3. The number of hydrogen-bond donors (Lipinski definition) is 4. The highest BCUT2D eigenvalue weighted by molar-refractivity contribution is 5.98. The number of halogens is 1. The fraction of sp³-hybridized carbons (Fsp3) is 0.316. The Morgan fingerprint density at radius 1 is 1.27 bits per heavy atom. The van der Waals surface area contributed by atoms with Crippen LogP contribution in [-0.4, -0.2) is 43.0 Å². The van der Waals surface area contributed by atoms with Crippen LogP contribution in [0.3, 0.4) is 0 Å². The second kappa shape index (κ2) is 8.82. The summed E-state index contributed by atoms with van der Waals surface area (Å²) >= 11 is 0. The molecule has 3 rings (SSSR count). The number of aromatic nitrogens is 5. The summed E-state index contributed by atoms with van der Waals surface area (Å²) in [5, 5.41) is 14.2. The van der Waals surface area contributed by atoms with E-state index in [1.165, 1.54) is 4.80 Å². The highest BCUT2D eigenvalue weighted by atomic mass is 19.1. The maximum atomic E-state index is 14.6. The molecule has 0 aromatic carbocycles. The third kappa shape index (κ3) is 4.51. The van der Waals surface area contributed by atoms with Crippen molar-refractivity contribution in [2.75, 3.05) is 10.6 Å². The molecular formula is C19H24FN9O. The molecule has 11 heteroatoms. The van der Waals surface area contributed by atoms with Crippen LogP contribution in [0.1, 0.15) is 36.3 Å². The summed E-state index contributed by atoms with van der Waals surface area (Å²) in [6, 6.07) is 2.36. The molecule has 3 aromatic rings.